The second kappa shape index (κ2) is 30.6. The molecule has 2 bridgehead atoms. The molecule has 436 valence electrons. The minimum Gasteiger partial charge on any atom is -0.460 e. The molecule has 0 radical (unpaired) electrons. The van der Waals surface area contributed by atoms with Crippen molar-refractivity contribution >= 4 is 61.2 Å². The molecule has 16 atom stereocenters. The summed E-state index contributed by atoms with van der Waals surface area (Å²) >= 11 is 1.05. The average Bonchev–Trinajstić information content (AvgIpc) is 3.75. The summed E-state index contributed by atoms with van der Waals surface area (Å²) in [7, 11) is 3.42. The van der Waals surface area contributed by atoms with Crippen molar-refractivity contribution in [3.05, 3.63) is 47.6 Å². The molecule has 5 rings (SSSR count). The average molecular weight is 1120 g/mol. The Bertz CT molecular complexity index is 2280. The van der Waals surface area contributed by atoms with Crippen LogP contribution in [0.2, 0.25) is 0 Å². The van der Waals surface area contributed by atoms with Gasteiger partial charge in [-0.25, -0.2) is 9.59 Å². The van der Waals surface area contributed by atoms with Gasteiger partial charge >= 0.3 is 12.1 Å². The van der Waals surface area contributed by atoms with E-state index in [9.17, 15) is 38.7 Å². The van der Waals surface area contributed by atoms with Crippen LogP contribution in [0.25, 0.3) is 0 Å². The number of imide groups is 1. The molecule has 1 saturated carbocycles. The van der Waals surface area contributed by atoms with Crippen LogP contribution in [0.1, 0.15) is 138 Å². The topological polar surface area (TPSA) is 240 Å². The first-order valence-electron chi connectivity index (χ1n) is 29.3. The Kier molecular flexibility index (Phi) is 23.5. The van der Waals surface area contributed by atoms with Gasteiger partial charge in [0.15, 0.2) is 5.78 Å². The summed E-state index contributed by atoms with van der Waals surface area (Å²) in [6.45, 7) is 12.5. The second-order valence-electron chi connectivity index (χ2n) is 22.1. The molecule has 2 N–H and O–H groups in total. The van der Waals surface area contributed by atoms with E-state index in [2.05, 4.69) is 0 Å². The molecular weight excluding hydrogens is 1030 g/mol. The van der Waals surface area contributed by atoms with Gasteiger partial charge < -0.3 is 47.7 Å². The number of aliphatic hydroxyl groups excluding tert-OH is 1. The quantitative estimate of drug-likeness (QED) is 0.0502. The maximum Gasteiger partial charge on any atom is 0.534 e. The smallest absolute Gasteiger partial charge is 0.460 e. The highest BCUT2D eigenvalue weighted by molar-refractivity contribution is 7.95. The fraction of sp³-hybridized carbons (Fsp3) is 0.737. The molecule has 4 heterocycles. The number of aliphatic hydroxyl groups is 2. The first kappa shape index (κ1) is 59.9. The highest BCUT2D eigenvalue weighted by Gasteiger charge is 2.53. The van der Waals surface area contributed by atoms with Gasteiger partial charge in [-0.15, -0.1) is 0 Å². The number of nitrogens with zero attached hydrogens (tertiary/aromatic N) is 2. The molecular formula is C57H87BN2O17S. The van der Waals surface area contributed by atoms with Gasteiger partial charge in [0.2, 0.25) is 7.22 Å². The van der Waals surface area contributed by atoms with Gasteiger partial charge in [0.25, 0.3) is 23.5 Å². The third-order valence-electron chi connectivity index (χ3n) is 16.3. The van der Waals surface area contributed by atoms with Gasteiger partial charge in [-0.3, -0.25) is 28.8 Å². The summed E-state index contributed by atoms with van der Waals surface area (Å²) < 4.78 is 65.6. The number of hydrogen-bond acceptors (Lipinski definition) is 18. The van der Waals surface area contributed by atoms with Crippen LogP contribution in [0, 0.1) is 35.5 Å². The maximum atomic E-state index is 15.0. The van der Waals surface area contributed by atoms with Crippen molar-refractivity contribution in [3.63, 3.8) is 0 Å². The number of carbonyl (C=O) groups excluding carboxylic acids is 7. The Balaban J connectivity index is 1.58. The van der Waals surface area contributed by atoms with Gasteiger partial charge in [-0.2, -0.15) is 0 Å². The summed E-state index contributed by atoms with van der Waals surface area (Å²) in [5, 5.41) is 17.7. The van der Waals surface area contributed by atoms with Gasteiger partial charge in [0, 0.05) is 71.3 Å². The molecule has 0 aromatic carbocycles. The van der Waals surface area contributed by atoms with Gasteiger partial charge in [-0.1, -0.05) is 76.1 Å². The summed E-state index contributed by atoms with van der Waals surface area (Å²) in [5.74, 6) is -10.2. The number of hydroxylamine groups is 2. The summed E-state index contributed by atoms with van der Waals surface area (Å²) in [6, 6.07) is -1.28. The number of ether oxygens (including phenoxy) is 6. The van der Waals surface area contributed by atoms with Crippen LogP contribution in [0.3, 0.4) is 0 Å². The van der Waals surface area contributed by atoms with Crippen molar-refractivity contribution in [2.45, 2.75) is 199 Å². The monoisotopic (exact) mass is 1120 g/mol. The minimum absolute atomic E-state index is 0.00232. The molecule has 2 unspecified atom stereocenters. The van der Waals surface area contributed by atoms with Crippen molar-refractivity contribution in [2.24, 2.45) is 35.5 Å². The first-order valence-corrected chi connectivity index (χ1v) is 28.6. The van der Waals surface area contributed by atoms with Gasteiger partial charge in [0.1, 0.15) is 38.2 Å². The number of hydrogen-bond donors (Lipinski definition) is 2. The number of cyclic esters (lactones) is 1. The van der Waals surface area contributed by atoms with Crippen LogP contribution >= 0.6 is 12.0 Å². The Morgan fingerprint density at radius 3 is 2.33 bits per heavy atom. The van der Waals surface area contributed by atoms with E-state index in [1.165, 1.54) is 7.11 Å². The zero-order valence-corrected chi connectivity index (χ0v) is 48.1. The molecule has 1 aliphatic carbocycles. The Morgan fingerprint density at radius 2 is 1.65 bits per heavy atom. The minimum atomic E-state index is -2.52. The number of ketones is 2. The van der Waals surface area contributed by atoms with E-state index in [4.69, 9.17) is 46.7 Å². The lowest BCUT2D eigenvalue weighted by molar-refractivity contribution is -0.265. The van der Waals surface area contributed by atoms with E-state index < -0.39 is 116 Å². The lowest BCUT2D eigenvalue weighted by atomic mass is 9.78. The number of methoxy groups -OCH3 is 3. The van der Waals surface area contributed by atoms with Gasteiger partial charge in [0.05, 0.1) is 24.4 Å². The summed E-state index contributed by atoms with van der Waals surface area (Å²) in [6.07, 6.45) is 7.27. The maximum absolute atomic E-state index is 15.0. The molecule has 5 aliphatic rings. The number of esters is 1. The Morgan fingerprint density at radius 1 is 0.910 bits per heavy atom. The van der Waals surface area contributed by atoms with Crippen molar-refractivity contribution in [1.29, 1.82) is 4.10 Å². The van der Waals surface area contributed by atoms with Crippen molar-refractivity contribution in [3.8, 4) is 0 Å². The predicted molar refractivity (Wildman–Crippen MR) is 292 cm³/mol. The number of carbonyl (C=O) groups is 7. The summed E-state index contributed by atoms with van der Waals surface area (Å²) in [5.41, 5.74) is 1.35. The Labute approximate surface area is 470 Å². The van der Waals surface area contributed by atoms with Crippen molar-refractivity contribution in [2.75, 3.05) is 33.5 Å². The number of rotatable bonds is 13. The molecule has 0 aromatic heterocycles. The largest absolute Gasteiger partial charge is 0.534 e. The first-order chi connectivity index (χ1) is 38.5. The van der Waals surface area contributed by atoms with Crippen molar-refractivity contribution in [1.82, 2.24) is 9.96 Å². The summed E-state index contributed by atoms with van der Waals surface area (Å²) in [4.78, 5) is 104. The van der Waals surface area contributed by atoms with E-state index in [-0.39, 0.29) is 74.1 Å². The molecule has 3 saturated heterocycles. The van der Waals surface area contributed by atoms with E-state index in [0.717, 1.165) is 22.5 Å². The van der Waals surface area contributed by atoms with Crippen LogP contribution in [0.4, 0.5) is 4.79 Å². The number of fused-ring (bicyclic) bond motifs is 3. The molecule has 0 spiro atoms. The molecule has 3 amide bonds. The SMILES string of the molecule is [2H]B([3H])CSO[C@@H]1CC[C@@H](C[C@@H](C)[C@@H]2C[C@@H](OC(=O)ON3C(=O)CCC3=O)[C@H](C)/C=C(\C)[C@@H](O[3H])[C@@H](OC)C(=O)[C@H](C)C[C@H](C)/C=C/C=C/C=C(\C)[C@@H](OC)CC3CC[C@@H](C)[C@@](O)(O3)C(=O)C(=O)N3CCCCC3C(=O)O2)C[C@H]1OC. The predicted octanol–water partition coefficient (Wildman–Crippen LogP) is 6.46. The van der Waals surface area contributed by atoms with Crippen LogP contribution in [-0.4, -0.2) is 168 Å². The van der Waals surface area contributed by atoms with Crippen LogP contribution in [0.15, 0.2) is 47.6 Å². The molecule has 0 aromatic rings. The number of amides is 3. The third-order valence-corrected chi connectivity index (χ3v) is 16.8. The van der Waals surface area contributed by atoms with Crippen LogP contribution in [0.5, 0.6) is 0 Å². The third kappa shape index (κ3) is 17.2. The Hall–Kier alpha value is -4.22. The number of allylic oxidation sites excluding steroid dienone is 5. The molecule has 19 nitrogen and oxygen atoms in total. The van der Waals surface area contributed by atoms with E-state index in [1.54, 1.807) is 48.0 Å². The van der Waals surface area contributed by atoms with Gasteiger partial charge in [-0.05, 0) is 127 Å². The van der Waals surface area contributed by atoms with Crippen LogP contribution in [-0.2, 0) is 66.2 Å². The molecule has 4 fully saturated rings. The fourth-order valence-electron chi connectivity index (χ4n) is 11.5. The zero-order chi connectivity index (χ0) is 59.7. The standard InChI is InChI=1S/C57H87BN2O17S/c1-33-16-12-11-13-17-34(2)44(70-8)30-41-21-19-39(7)57(69,75-41)53(65)54(66)59-25-15-14-18-42(59)55(67)73-45(36(4)28-40-20-22-43(77-78-32-58)47(29-40)71-9)31-46(74-56(68)76-60-48(61)23-24-49(60)62)35(3)27-38(6)51(64)52(72-10)50(63)37(5)26-33/h11-13,16-17,27,33,35-37,39-47,51-52,64,69H,14-15,18-26,28-32,58H2,1-10H3/b13-11+,16-12+,34-17+,38-27+/t33-,35-,36-,37-,39-,40+,41?,42?,43-,44+,45+,46-,47-,51-,52+,57-/m1/s1/i58TD,64T. The highest BCUT2D eigenvalue weighted by atomic mass is 32.2. The van der Waals surface area contributed by atoms with E-state index in [0.29, 0.717) is 68.4 Å². The molecule has 21 heteroatoms. The fourth-order valence-corrected chi connectivity index (χ4v) is 12.0. The zero-order valence-electron chi connectivity index (χ0n) is 50.3. The molecule has 78 heavy (non-hydrogen) atoms. The molecule has 4 aliphatic heterocycles. The van der Waals surface area contributed by atoms with Crippen LogP contribution < -0.4 is 0 Å². The van der Waals surface area contributed by atoms with Crippen molar-refractivity contribution < 1.29 is 81.2 Å². The number of Topliss-reactive ketones (excluding diaryl/α,β-unsaturated/α-hetero) is 2. The van der Waals surface area contributed by atoms with E-state index >= 15 is 0 Å². The number of piperidine rings is 1. The lowest BCUT2D eigenvalue weighted by Gasteiger charge is -2.43. The highest BCUT2D eigenvalue weighted by Crippen LogP contribution is 2.39. The normalized spacial score (nSPS) is 38.0. The lowest BCUT2D eigenvalue weighted by Crippen LogP contribution is -2.61. The van der Waals surface area contributed by atoms with E-state index in [1.807, 2.05) is 51.2 Å². The second-order valence-corrected chi connectivity index (χ2v) is 22.9.